The van der Waals surface area contributed by atoms with Crippen LogP contribution in [0.25, 0.3) is 0 Å². The van der Waals surface area contributed by atoms with Crippen molar-refractivity contribution in [3.63, 3.8) is 0 Å². The van der Waals surface area contributed by atoms with Gasteiger partial charge in [0.25, 0.3) is 0 Å². The average molecular weight is 258 g/mol. The lowest BCUT2D eigenvalue weighted by Crippen LogP contribution is -2.36. The van der Waals surface area contributed by atoms with Crippen molar-refractivity contribution in [2.24, 2.45) is 12.5 Å². The molecule has 1 saturated carbocycles. The maximum Gasteiger partial charge on any atom is 0.241 e. The average Bonchev–Trinajstić information content (AvgIpc) is 3.03. The third-order valence-electron chi connectivity index (χ3n) is 4.20. The second-order valence-corrected chi connectivity index (χ2v) is 5.32. The Morgan fingerprint density at radius 2 is 2.05 bits per heavy atom. The van der Waals surface area contributed by atoms with Crippen LogP contribution in [0.5, 0.6) is 0 Å². The molecule has 1 aliphatic heterocycles. The van der Waals surface area contributed by atoms with Crippen molar-refractivity contribution >= 4 is 17.6 Å². The molecule has 0 unspecified atom stereocenters. The molecule has 3 rings (SSSR count). The number of hydrogen-bond donors (Lipinski definition) is 0. The summed E-state index contributed by atoms with van der Waals surface area (Å²) in [5, 5.41) is 13.0. The van der Waals surface area contributed by atoms with Crippen LogP contribution in [0.3, 0.4) is 0 Å². The third kappa shape index (κ3) is 1.51. The molecule has 6 nitrogen and oxygen atoms in total. The first-order valence-electron chi connectivity index (χ1n) is 6.38. The summed E-state index contributed by atoms with van der Waals surface area (Å²) in [5.74, 6) is -0.0663. The molecule has 19 heavy (non-hydrogen) atoms. The topological polar surface area (TPSA) is 79.0 Å². The summed E-state index contributed by atoms with van der Waals surface area (Å²) in [4.78, 5) is 26.0. The molecular formula is C13H14N4O2. The van der Waals surface area contributed by atoms with Crippen molar-refractivity contribution in [2.75, 3.05) is 4.90 Å². The van der Waals surface area contributed by atoms with Gasteiger partial charge in [-0.15, -0.1) is 0 Å². The minimum absolute atomic E-state index is 0.157. The predicted octanol–water partition coefficient (Wildman–Crippen LogP) is 1.12. The zero-order valence-electron chi connectivity index (χ0n) is 10.7. The Labute approximate surface area is 110 Å². The number of anilines is 1. The maximum absolute atomic E-state index is 12.6. The highest BCUT2D eigenvalue weighted by molar-refractivity contribution is 6.22. The fourth-order valence-corrected chi connectivity index (χ4v) is 3.23. The number of amides is 2. The van der Waals surface area contributed by atoms with Gasteiger partial charge in [0.2, 0.25) is 11.8 Å². The Hall–Kier alpha value is -2.16. The number of hydrogen-bond acceptors (Lipinski definition) is 4. The number of imide groups is 1. The van der Waals surface area contributed by atoms with Crippen LogP contribution in [0.1, 0.15) is 37.7 Å². The van der Waals surface area contributed by atoms with Crippen LogP contribution >= 0.6 is 0 Å². The van der Waals surface area contributed by atoms with E-state index in [1.54, 1.807) is 7.05 Å². The Balaban J connectivity index is 2.06. The monoisotopic (exact) mass is 258 g/mol. The van der Waals surface area contributed by atoms with Crippen LogP contribution in [0.2, 0.25) is 0 Å². The summed E-state index contributed by atoms with van der Waals surface area (Å²) in [7, 11) is 1.64. The van der Waals surface area contributed by atoms with Crippen LogP contribution < -0.4 is 4.90 Å². The minimum Gasteiger partial charge on any atom is -0.274 e. The Morgan fingerprint density at radius 3 is 2.68 bits per heavy atom. The summed E-state index contributed by atoms with van der Waals surface area (Å²) >= 11 is 0. The molecule has 1 aromatic rings. The van der Waals surface area contributed by atoms with Crippen molar-refractivity contribution < 1.29 is 9.59 Å². The number of nitriles is 1. The largest absolute Gasteiger partial charge is 0.274 e. The van der Waals surface area contributed by atoms with Gasteiger partial charge in [-0.1, -0.05) is 12.8 Å². The molecule has 1 spiro atoms. The van der Waals surface area contributed by atoms with Gasteiger partial charge in [0, 0.05) is 13.5 Å². The van der Waals surface area contributed by atoms with Gasteiger partial charge in [-0.05, 0) is 12.8 Å². The quantitative estimate of drug-likeness (QED) is 0.707. The van der Waals surface area contributed by atoms with Gasteiger partial charge in [-0.3, -0.25) is 14.3 Å². The van der Waals surface area contributed by atoms with E-state index in [1.165, 1.54) is 10.9 Å². The summed E-state index contributed by atoms with van der Waals surface area (Å²) < 4.78 is 1.42. The van der Waals surface area contributed by atoms with Gasteiger partial charge in [0.05, 0.1) is 11.6 Å². The van der Waals surface area contributed by atoms with Gasteiger partial charge in [0.15, 0.2) is 5.82 Å². The van der Waals surface area contributed by atoms with Gasteiger partial charge in [0.1, 0.15) is 11.6 Å². The molecule has 0 radical (unpaired) electrons. The number of nitrogens with zero attached hydrogens (tertiary/aromatic N) is 4. The highest BCUT2D eigenvalue weighted by Gasteiger charge is 2.54. The lowest BCUT2D eigenvalue weighted by atomic mass is 9.84. The highest BCUT2D eigenvalue weighted by atomic mass is 16.2. The molecule has 2 amide bonds. The van der Waals surface area contributed by atoms with Crippen molar-refractivity contribution in [2.45, 2.75) is 32.1 Å². The maximum atomic E-state index is 12.6. The van der Waals surface area contributed by atoms with E-state index in [2.05, 4.69) is 5.10 Å². The van der Waals surface area contributed by atoms with E-state index < -0.39 is 5.41 Å². The van der Waals surface area contributed by atoms with E-state index in [9.17, 15) is 9.59 Å². The van der Waals surface area contributed by atoms with E-state index in [0.717, 1.165) is 30.6 Å². The zero-order chi connectivity index (χ0) is 13.6. The summed E-state index contributed by atoms with van der Waals surface area (Å²) in [6.45, 7) is 0. The molecule has 1 aromatic heterocycles. The molecule has 98 valence electrons. The second-order valence-electron chi connectivity index (χ2n) is 5.32. The Morgan fingerprint density at radius 1 is 1.37 bits per heavy atom. The van der Waals surface area contributed by atoms with Crippen molar-refractivity contribution in [1.82, 2.24) is 9.78 Å². The first-order chi connectivity index (χ1) is 9.09. The lowest BCUT2D eigenvalue weighted by molar-refractivity contribution is -0.125. The SMILES string of the molecule is Cn1ncc(C#N)c1N1C(=O)CC2(CCCC2)C1=O. The van der Waals surface area contributed by atoms with Crippen molar-refractivity contribution in [1.29, 1.82) is 5.26 Å². The van der Waals surface area contributed by atoms with Crippen LogP contribution in [0.15, 0.2) is 6.20 Å². The molecule has 1 aliphatic carbocycles. The summed E-state index contributed by atoms with van der Waals surface area (Å²) in [5.41, 5.74) is -0.257. The van der Waals surface area contributed by atoms with E-state index in [0.29, 0.717) is 5.82 Å². The number of aryl methyl sites for hydroxylation is 1. The molecule has 6 heteroatoms. The Kier molecular flexibility index (Phi) is 2.45. The summed E-state index contributed by atoms with van der Waals surface area (Å²) in [6, 6.07) is 1.98. The highest BCUT2D eigenvalue weighted by Crippen LogP contribution is 2.48. The zero-order valence-corrected chi connectivity index (χ0v) is 10.7. The smallest absolute Gasteiger partial charge is 0.241 e. The summed E-state index contributed by atoms with van der Waals surface area (Å²) in [6.07, 6.45) is 5.17. The molecule has 0 atom stereocenters. The van der Waals surface area contributed by atoms with E-state index in [-0.39, 0.29) is 23.8 Å². The first kappa shape index (κ1) is 11.9. The van der Waals surface area contributed by atoms with Crippen LogP contribution in [0, 0.1) is 16.7 Å². The molecule has 0 N–H and O–H groups in total. The van der Waals surface area contributed by atoms with Gasteiger partial charge < -0.3 is 0 Å². The van der Waals surface area contributed by atoms with Crippen molar-refractivity contribution in [3.8, 4) is 6.07 Å². The molecule has 0 bridgehead atoms. The van der Waals surface area contributed by atoms with E-state index in [1.807, 2.05) is 6.07 Å². The minimum atomic E-state index is -0.520. The van der Waals surface area contributed by atoms with Gasteiger partial charge in [-0.25, -0.2) is 4.90 Å². The molecule has 0 aromatic carbocycles. The molecular weight excluding hydrogens is 244 g/mol. The normalized spacial score (nSPS) is 21.4. The van der Waals surface area contributed by atoms with Gasteiger partial charge >= 0.3 is 0 Å². The van der Waals surface area contributed by atoms with Crippen LogP contribution in [-0.4, -0.2) is 21.6 Å². The van der Waals surface area contributed by atoms with E-state index >= 15 is 0 Å². The molecule has 2 fully saturated rings. The molecule has 1 saturated heterocycles. The molecule has 2 heterocycles. The van der Waals surface area contributed by atoms with Crippen LogP contribution in [0.4, 0.5) is 5.82 Å². The first-order valence-corrected chi connectivity index (χ1v) is 6.38. The second kappa shape index (κ2) is 3.92. The predicted molar refractivity (Wildman–Crippen MR) is 65.9 cm³/mol. The van der Waals surface area contributed by atoms with E-state index in [4.69, 9.17) is 5.26 Å². The number of aromatic nitrogens is 2. The molecule has 2 aliphatic rings. The fourth-order valence-electron chi connectivity index (χ4n) is 3.23. The number of rotatable bonds is 1. The third-order valence-corrected chi connectivity index (χ3v) is 4.20. The lowest BCUT2D eigenvalue weighted by Gasteiger charge is -2.20. The van der Waals surface area contributed by atoms with Crippen molar-refractivity contribution in [3.05, 3.63) is 11.8 Å². The number of carbonyl (C=O) groups is 2. The standard InChI is InChI=1S/C13H14N4O2/c1-16-11(9(7-14)8-15-16)17-10(18)6-13(12(17)19)4-2-3-5-13/h8H,2-6H2,1H3. The van der Waals surface area contributed by atoms with Crippen LogP contribution in [-0.2, 0) is 16.6 Å². The van der Waals surface area contributed by atoms with Gasteiger partial charge in [-0.2, -0.15) is 10.4 Å². The number of carbonyl (C=O) groups excluding carboxylic acids is 2. The fraction of sp³-hybridized carbons (Fsp3) is 0.538. The Bertz CT molecular complexity index is 605.